The van der Waals surface area contributed by atoms with Gasteiger partial charge in [0.2, 0.25) is 0 Å². The lowest BCUT2D eigenvalue weighted by atomic mass is 10.3. The Balaban J connectivity index is 2.49. The third-order valence-corrected chi connectivity index (χ3v) is 4.76. The van der Waals surface area contributed by atoms with Gasteiger partial charge >= 0.3 is 0 Å². The van der Waals surface area contributed by atoms with Crippen LogP contribution in [0, 0.1) is 10.1 Å². The van der Waals surface area contributed by atoms with Gasteiger partial charge in [-0.1, -0.05) is 39.7 Å². The third kappa shape index (κ3) is 3.52. The summed E-state index contributed by atoms with van der Waals surface area (Å²) in [7, 11) is -4.13. The highest BCUT2D eigenvalue weighted by molar-refractivity contribution is 9.10. The number of nitrogens with one attached hydrogen (secondary N) is 1. The van der Waals surface area contributed by atoms with Crippen molar-refractivity contribution in [1.82, 2.24) is 0 Å². The minimum atomic E-state index is -4.13. The molecule has 0 aromatic heterocycles. The van der Waals surface area contributed by atoms with Crippen molar-refractivity contribution in [3.05, 3.63) is 62.1 Å². The van der Waals surface area contributed by atoms with Crippen LogP contribution < -0.4 is 4.72 Å². The summed E-state index contributed by atoms with van der Waals surface area (Å²) in [5.41, 5.74) is -0.375. The van der Waals surface area contributed by atoms with E-state index in [1.54, 1.807) is 6.07 Å². The van der Waals surface area contributed by atoms with Gasteiger partial charge in [0.15, 0.2) is 4.90 Å². The number of halogens is 2. The average Bonchev–Trinajstić information content (AvgIpc) is 2.42. The Kier molecular flexibility index (Phi) is 4.50. The Bertz CT molecular complexity index is 811. The third-order valence-electron chi connectivity index (χ3n) is 2.52. The van der Waals surface area contributed by atoms with Crippen molar-refractivity contribution >= 4 is 48.9 Å². The molecular weight excluding hydrogens is 384 g/mol. The van der Waals surface area contributed by atoms with Gasteiger partial charge in [0, 0.05) is 10.5 Å². The molecule has 0 spiro atoms. The van der Waals surface area contributed by atoms with Crippen LogP contribution in [0.15, 0.2) is 51.8 Å². The summed E-state index contributed by atoms with van der Waals surface area (Å²) in [5, 5.41) is 11.1. The van der Waals surface area contributed by atoms with E-state index in [-0.39, 0.29) is 10.7 Å². The van der Waals surface area contributed by atoms with Crippen LogP contribution in [0.3, 0.4) is 0 Å². The van der Waals surface area contributed by atoms with E-state index in [0.717, 1.165) is 12.1 Å². The number of anilines is 1. The quantitative estimate of drug-likeness (QED) is 0.634. The van der Waals surface area contributed by atoms with E-state index >= 15 is 0 Å². The number of benzene rings is 2. The zero-order chi connectivity index (χ0) is 15.6. The first-order chi connectivity index (χ1) is 9.81. The molecule has 6 nitrogen and oxygen atoms in total. The second kappa shape index (κ2) is 6.00. The number of nitrogens with zero attached hydrogens (tertiary/aromatic N) is 1. The van der Waals surface area contributed by atoms with Gasteiger partial charge in [-0.15, -0.1) is 0 Å². The lowest BCUT2D eigenvalue weighted by Crippen LogP contribution is -2.15. The van der Waals surface area contributed by atoms with Gasteiger partial charge in [-0.25, -0.2) is 8.42 Å². The maximum absolute atomic E-state index is 12.3. The smallest absolute Gasteiger partial charge is 0.278 e. The van der Waals surface area contributed by atoms with Gasteiger partial charge in [-0.2, -0.15) is 0 Å². The minimum Gasteiger partial charge on any atom is -0.278 e. The van der Waals surface area contributed by atoms with Crippen LogP contribution in [-0.2, 0) is 10.0 Å². The number of nitro benzene ring substituents is 1. The van der Waals surface area contributed by atoms with Gasteiger partial charge in [0.05, 0.1) is 15.6 Å². The molecule has 0 fully saturated rings. The summed E-state index contributed by atoms with van der Waals surface area (Å²) in [6.45, 7) is 0. The number of nitro groups is 1. The molecule has 9 heteroatoms. The largest absolute Gasteiger partial charge is 0.289 e. The average molecular weight is 392 g/mol. The molecule has 1 N–H and O–H groups in total. The van der Waals surface area contributed by atoms with Crippen molar-refractivity contribution in [2.24, 2.45) is 0 Å². The SMILES string of the molecule is O=[N+]([O-])c1ccccc1S(=O)(=O)Nc1cc(Br)ccc1Cl. The molecule has 2 aromatic carbocycles. The van der Waals surface area contributed by atoms with Crippen LogP contribution in [0.5, 0.6) is 0 Å². The van der Waals surface area contributed by atoms with Crippen LogP contribution in [0.1, 0.15) is 0 Å². The summed E-state index contributed by atoms with van der Waals surface area (Å²) >= 11 is 9.11. The number of rotatable bonds is 4. The molecule has 2 rings (SSSR count). The van der Waals surface area contributed by atoms with Gasteiger partial charge in [-0.05, 0) is 24.3 Å². The molecule has 110 valence electrons. The van der Waals surface area contributed by atoms with E-state index in [1.807, 2.05) is 0 Å². The van der Waals surface area contributed by atoms with Crippen LogP contribution in [0.4, 0.5) is 11.4 Å². The zero-order valence-corrected chi connectivity index (χ0v) is 13.4. The minimum absolute atomic E-state index is 0.129. The van der Waals surface area contributed by atoms with Crippen molar-refractivity contribution < 1.29 is 13.3 Å². The van der Waals surface area contributed by atoms with Crippen molar-refractivity contribution in [3.8, 4) is 0 Å². The molecule has 0 bridgehead atoms. The Morgan fingerprint density at radius 2 is 1.86 bits per heavy atom. The molecule has 0 aliphatic heterocycles. The van der Waals surface area contributed by atoms with E-state index in [9.17, 15) is 18.5 Å². The predicted octanol–water partition coefficient (Wildman–Crippen LogP) is 3.81. The van der Waals surface area contributed by atoms with Crippen molar-refractivity contribution in [3.63, 3.8) is 0 Å². The molecule has 21 heavy (non-hydrogen) atoms. The Hall–Kier alpha value is -1.64. The fourth-order valence-corrected chi connectivity index (χ4v) is 3.44. The summed E-state index contributed by atoms with van der Waals surface area (Å²) in [6, 6.07) is 9.69. The van der Waals surface area contributed by atoms with Gasteiger partial charge < -0.3 is 0 Å². The fraction of sp³-hybridized carbons (Fsp3) is 0. The summed E-state index contributed by atoms with van der Waals surface area (Å²) < 4.78 is 27.5. The normalized spacial score (nSPS) is 11.1. The lowest BCUT2D eigenvalue weighted by Gasteiger charge is -2.10. The number of para-hydroxylation sites is 1. The van der Waals surface area contributed by atoms with E-state index < -0.39 is 25.5 Å². The first-order valence-electron chi connectivity index (χ1n) is 5.52. The maximum Gasteiger partial charge on any atom is 0.289 e. The highest BCUT2D eigenvalue weighted by Crippen LogP contribution is 2.30. The summed E-state index contributed by atoms with van der Waals surface area (Å²) in [5.74, 6) is 0. The molecule has 0 saturated heterocycles. The lowest BCUT2D eigenvalue weighted by molar-refractivity contribution is -0.387. The highest BCUT2D eigenvalue weighted by Gasteiger charge is 2.25. The number of hydrogen-bond donors (Lipinski definition) is 1. The first-order valence-corrected chi connectivity index (χ1v) is 8.18. The van der Waals surface area contributed by atoms with E-state index in [4.69, 9.17) is 11.6 Å². The monoisotopic (exact) mass is 390 g/mol. The first kappa shape index (κ1) is 15.7. The summed E-state index contributed by atoms with van der Waals surface area (Å²) in [4.78, 5) is 9.74. The summed E-state index contributed by atoms with van der Waals surface area (Å²) in [6.07, 6.45) is 0. The van der Waals surface area contributed by atoms with Crippen molar-refractivity contribution in [1.29, 1.82) is 0 Å². The van der Waals surface area contributed by atoms with Gasteiger partial charge in [-0.3, -0.25) is 14.8 Å². The van der Waals surface area contributed by atoms with Crippen molar-refractivity contribution in [2.75, 3.05) is 4.72 Å². The highest BCUT2D eigenvalue weighted by atomic mass is 79.9. The molecule has 0 aliphatic rings. The Morgan fingerprint density at radius 1 is 1.19 bits per heavy atom. The standard InChI is InChI=1S/C12H8BrClN2O4S/c13-8-5-6-9(14)10(7-8)15-21(19,20)12-4-2-1-3-11(12)16(17)18/h1-7,15H. The van der Waals surface area contributed by atoms with Gasteiger partial charge in [0.1, 0.15) is 0 Å². The van der Waals surface area contributed by atoms with Crippen LogP contribution in [0.2, 0.25) is 5.02 Å². The second-order valence-electron chi connectivity index (χ2n) is 3.95. The predicted molar refractivity (Wildman–Crippen MR) is 83.1 cm³/mol. The van der Waals surface area contributed by atoms with Crippen molar-refractivity contribution in [2.45, 2.75) is 4.90 Å². The number of hydrogen-bond acceptors (Lipinski definition) is 4. The van der Waals surface area contributed by atoms with Gasteiger partial charge in [0.25, 0.3) is 15.7 Å². The molecule has 0 amide bonds. The topological polar surface area (TPSA) is 89.3 Å². The zero-order valence-electron chi connectivity index (χ0n) is 10.3. The van der Waals surface area contributed by atoms with E-state index in [2.05, 4.69) is 20.7 Å². The molecule has 0 saturated carbocycles. The molecule has 0 aliphatic carbocycles. The maximum atomic E-state index is 12.3. The van der Waals surface area contributed by atoms with Crippen LogP contribution >= 0.6 is 27.5 Å². The Labute approximate surface area is 134 Å². The number of sulfonamides is 1. The molecular formula is C12H8BrClN2O4S. The fourth-order valence-electron chi connectivity index (χ4n) is 1.61. The van der Waals surface area contributed by atoms with Crippen LogP contribution in [0.25, 0.3) is 0 Å². The van der Waals surface area contributed by atoms with E-state index in [1.165, 1.54) is 24.3 Å². The molecule has 0 atom stereocenters. The molecule has 0 radical (unpaired) electrons. The van der Waals surface area contributed by atoms with Crippen LogP contribution in [-0.4, -0.2) is 13.3 Å². The molecule has 0 unspecified atom stereocenters. The second-order valence-corrected chi connectivity index (χ2v) is 6.93. The van der Waals surface area contributed by atoms with E-state index in [0.29, 0.717) is 4.47 Å². The molecule has 2 aromatic rings. The molecule has 0 heterocycles. The Morgan fingerprint density at radius 3 is 2.52 bits per heavy atom.